The molecule has 2 aliphatic rings. The smallest absolute Gasteiger partial charge is 1.00 e. The molecule has 26 heavy (non-hydrogen) atoms. The molecule has 0 aromatic carbocycles. The van der Waals surface area contributed by atoms with E-state index < -0.39 is 11.9 Å². The number of ether oxygens (including phenoxy) is 4. The minimum Gasteiger partial charge on any atom is -1.00 e. The van der Waals surface area contributed by atoms with E-state index in [1.54, 1.807) is 13.8 Å². The van der Waals surface area contributed by atoms with Crippen molar-refractivity contribution in [2.24, 2.45) is 0 Å². The van der Waals surface area contributed by atoms with Gasteiger partial charge >= 0.3 is 39.0 Å². The van der Waals surface area contributed by atoms with Gasteiger partial charge in [-0.05, 0) is 38.9 Å². The van der Waals surface area contributed by atoms with Gasteiger partial charge in [0.2, 0.25) is 0 Å². The first-order valence-electron chi connectivity index (χ1n) is 7.67. The zero-order chi connectivity index (χ0) is 17.1. The van der Waals surface area contributed by atoms with E-state index in [1.807, 2.05) is 0 Å². The summed E-state index contributed by atoms with van der Waals surface area (Å²) in [5.41, 5.74) is 0. The Balaban J connectivity index is -0.0000000488. The Morgan fingerprint density at radius 3 is 1.00 bits per heavy atom. The number of rotatable bonds is 4. The van der Waals surface area contributed by atoms with Crippen LogP contribution in [0.1, 0.15) is 39.5 Å². The summed E-state index contributed by atoms with van der Waals surface area (Å²) in [6.45, 7) is 14.3. The molecule has 2 heterocycles. The molecule has 6 nitrogen and oxygen atoms in total. The molecule has 0 spiro atoms. The topological polar surface area (TPSA) is 83.0 Å². The summed E-state index contributed by atoms with van der Waals surface area (Å²) >= 11 is 0. The van der Waals surface area contributed by atoms with Gasteiger partial charge in [-0.15, -0.1) is 0 Å². The molecule has 0 radical (unpaired) electrons. The van der Waals surface area contributed by atoms with Crippen LogP contribution in [0.4, 0.5) is 0 Å². The molecule has 0 aromatic heterocycles. The standard InChI is InChI=1S/2C4H8O2.2C4H8O.2BrH.2Zn/c2*1-3-6-4(2)5;2*1-2-4-5-3-1;;;;/h2*5H,2-3H2,1H3;2*1-4H2;2*1H;;/q;;;;;;2*+2/p-4. The summed E-state index contributed by atoms with van der Waals surface area (Å²) in [7, 11) is 0. The van der Waals surface area contributed by atoms with Gasteiger partial charge in [-0.2, -0.15) is 0 Å². The van der Waals surface area contributed by atoms with E-state index >= 15 is 0 Å². The van der Waals surface area contributed by atoms with Crippen molar-refractivity contribution in [2.45, 2.75) is 39.5 Å². The van der Waals surface area contributed by atoms with E-state index in [9.17, 15) is 10.2 Å². The Bertz CT molecular complexity index is 226. The second kappa shape index (κ2) is 36.7. The van der Waals surface area contributed by atoms with Gasteiger partial charge in [0.05, 0.1) is 0 Å². The van der Waals surface area contributed by atoms with Gasteiger partial charge in [0.1, 0.15) is 0 Å². The van der Waals surface area contributed by atoms with Gasteiger partial charge in [-0.1, -0.05) is 27.0 Å². The third-order valence-corrected chi connectivity index (χ3v) is 2.27. The minimum atomic E-state index is -0.461. The van der Waals surface area contributed by atoms with Gasteiger partial charge in [0.15, 0.2) is 0 Å². The van der Waals surface area contributed by atoms with Crippen LogP contribution in [0.15, 0.2) is 25.0 Å². The molecule has 0 bridgehead atoms. The fraction of sp³-hybridized carbons (Fsp3) is 0.750. The maximum Gasteiger partial charge on any atom is 2.00 e. The molecule has 0 atom stereocenters. The molecule has 0 amide bonds. The van der Waals surface area contributed by atoms with Crippen LogP contribution in [-0.4, -0.2) is 39.6 Å². The Hall–Kier alpha value is 0.807. The molecule has 2 saturated heterocycles. The maximum atomic E-state index is 9.71. The van der Waals surface area contributed by atoms with Crippen LogP contribution in [0.2, 0.25) is 0 Å². The summed E-state index contributed by atoms with van der Waals surface area (Å²) in [5.74, 6) is -0.921. The van der Waals surface area contributed by atoms with Crippen molar-refractivity contribution in [3.05, 3.63) is 25.0 Å². The predicted molar refractivity (Wildman–Crippen MR) is 81.6 cm³/mol. The van der Waals surface area contributed by atoms with Crippen LogP contribution in [0.3, 0.4) is 0 Å². The van der Waals surface area contributed by atoms with E-state index in [2.05, 4.69) is 22.6 Å². The van der Waals surface area contributed by atoms with Gasteiger partial charge in [0, 0.05) is 38.3 Å². The van der Waals surface area contributed by atoms with Crippen molar-refractivity contribution in [3.8, 4) is 0 Å². The van der Waals surface area contributed by atoms with Gasteiger partial charge in [-0.3, -0.25) is 0 Å². The fourth-order valence-corrected chi connectivity index (χ4v) is 1.34. The van der Waals surface area contributed by atoms with E-state index in [4.69, 9.17) is 9.47 Å². The zero-order valence-electron chi connectivity index (χ0n) is 16.1. The Morgan fingerprint density at radius 2 is 0.962 bits per heavy atom. The zero-order valence-corrected chi connectivity index (χ0v) is 25.2. The molecule has 0 saturated carbocycles. The molecular formula is C16H30Br2O6Zn2. The van der Waals surface area contributed by atoms with Crippen molar-refractivity contribution < 1.29 is 102 Å². The van der Waals surface area contributed by atoms with Crippen LogP contribution in [0, 0.1) is 0 Å². The normalized spacial score (nSPS) is 12.7. The monoisotopic (exact) mass is 604 g/mol. The molecule has 148 valence electrons. The fourth-order valence-electron chi connectivity index (χ4n) is 1.34. The molecule has 0 unspecified atom stereocenters. The first kappa shape index (κ1) is 41.2. The van der Waals surface area contributed by atoms with Crippen molar-refractivity contribution in [1.29, 1.82) is 0 Å². The number of halogens is 2. The maximum absolute atomic E-state index is 9.71. The Morgan fingerprint density at radius 1 is 0.731 bits per heavy atom. The van der Waals surface area contributed by atoms with E-state index in [0.29, 0.717) is 13.2 Å². The van der Waals surface area contributed by atoms with E-state index in [-0.39, 0.29) is 72.9 Å². The second-order valence-electron chi connectivity index (χ2n) is 4.25. The quantitative estimate of drug-likeness (QED) is 0.236. The first-order chi connectivity index (χ1) is 10.5. The molecule has 0 aliphatic carbocycles. The van der Waals surface area contributed by atoms with E-state index in [1.165, 1.54) is 25.7 Å². The molecule has 0 N–H and O–H groups in total. The van der Waals surface area contributed by atoms with Gasteiger partial charge < -0.3 is 63.1 Å². The summed E-state index contributed by atoms with van der Waals surface area (Å²) in [6.07, 6.45) is 5.11. The summed E-state index contributed by atoms with van der Waals surface area (Å²) in [6, 6.07) is 0. The third-order valence-electron chi connectivity index (χ3n) is 2.27. The molecule has 2 rings (SSSR count). The SMILES string of the molecule is C1CCOC1.C1CCOC1.C=C([O-])OCC.C=C([O-])OCC.[Br-].[Br-].[Zn+2].[Zn+2]. The second-order valence-corrected chi connectivity index (χ2v) is 4.25. The van der Waals surface area contributed by atoms with Crippen LogP contribution in [0.25, 0.3) is 0 Å². The van der Waals surface area contributed by atoms with Crippen molar-refractivity contribution in [1.82, 2.24) is 0 Å². The van der Waals surface area contributed by atoms with Crippen molar-refractivity contribution in [3.63, 3.8) is 0 Å². The van der Waals surface area contributed by atoms with Crippen molar-refractivity contribution >= 4 is 0 Å². The summed E-state index contributed by atoms with van der Waals surface area (Å²) in [5, 5.41) is 19.4. The molecule has 10 heteroatoms. The minimum absolute atomic E-state index is 0. The summed E-state index contributed by atoms with van der Waals surface area (Å²) in [4.78, 5) is 0. The molecule has 2 aliphatic heterocycles. The largest absolute Gasteiger partial charge is 2.00 e. The van der Waals surface area contributed by atoms with Crippen LogP contribution >= 0.6 is 0 Å². The molecule has 0 aromatic rings. The number of hydrogen-bond acceptors (Lipinski definition) is 6. The number of hydrogen-bond donors (Lipinski definition) is 0. The summed E-state index contributed by atoms with van der Waals surface area (Å²) < 4.78 is 18.5. The average Bonchev–Trinajstić information content (AvgIpc) is 3.19. The Kier molecular flexibility index (Phi) is 58.2. The van der Waals surface area contributed by atoms with Gasteiger partial charge in [0.25, 0.3) is 0 Å². The van der Waals surface area contributed by atoms with Crippen molar-refractivity contribution in [2.75, 3.05) is 39.6 Å². The predicted octanol–water partition coefficient (Wildman–Crippen LogP) is -4.69. The van der Waals surface area contributed by atoms with Gasteiger partial charge in [-0.25, -0.2) is 0 Å². The third kappa shape index (κ3) is 49.8. The van der Waals surface area contributed by atoms with Crippen LogP contribution in [-0.2, 0) is 57.9 Å². The molecular weight excluding hydrogens is 579 g/mol. The molecule has 2 fully saturated rings. The van der Waals surface area contributed by atoms with E-state index in [0.717, 1.165) is 26.4 Å². The van der Waals surface area contributed by atoms with Crippen LogP contribution in [0.5, 0.6) is 0 Å². The van der Waals surface area contributed by atoms with Crippen LogP contribution < -0.4 is 44.2 Å². The Labute approximate surface area is 205 Å². The average molecular weight is 609 g/mol. The first-order valence-corrected chi connectivity index (χ1v) is 7.67.